The van der Waals surface area contributed by atoms with Crippen molar-refractivity contribution < 1.29 is 4.74 Å². The molecule has 0 bridgehead atoms. The van der Waals surface area contributed by atoms with Crippen LogP contribution in [0.4, 0.5) is 0 Å². The van der Waals surface area contributed by atoms with Crippen LogP contribution >= 0.6 is 24.0 Å². The Bertz CT molecular complexity index is 279. The molecule has 0 heterocycles. The molecule has 0 saturated heterocycles. The van der Waals surface area contributed by atoms with Crippen LogP contribution in [0.25, 0.3) is 0 Å². The van der Waals surface area contributed by atoms with Crippen LogP contribution in [0.1, 0.15) is 18.9 Å². The number of hydrogen-bond acceptors (Lipinski definition) is 2. The normalized spacial score (nSPS) is 9.36. The van der Waals surface area contributed by atoms with Crippen LogP contribution in [0.5, 0.6) is 5.75 Å². The average molecular weight is 236 g/mol. The first kappa shape index (κ1) is 13.6. The van der Waals surface area contributed by atoms with Crippen molar-refractivity contribution in [2.24, 2.45) is 5.73 Å². The fourth-order valence-corrected chi connectivity index (χ4v) is 1.26. The van der Waals surface area contributed by atoms with Gasteiger partial charge in [0.2, 0.25) is 0 Å². The van der Waals surface area contributed by atoms with Crippen molar-refractivity contribution in [3.63, 3.8) is 0 Å². The third-order valence-corrected chi connectivity index (χ3v) is 1.94. The van der Waals surface area contributed by atoms with Crippen molar-refractivity contribution in [1.29, 1.82) is 0 Å². The molecule has 4 heteroatoms. The summed E-state index contributed by atoms with van der Waals surface area (Å²) in [6.45, 7) is 3.24. The van der Waals surface area contributed by atoms with Crippen molar-refractivity contribution in [3.8, 4) is 5.75 Å². The van der Waals surface area contributed by atoms with Gasteiger partial charge in [-0.25, -0.2) is 0 Å². The molecule has 1 aromatic rings. The average Bonchev–Trinajstić information content (AvgIpc) is 2.16. The molecule has 0 aliphatic carbocycles. The van der Waals surface area contributed by atoms with Crippen LogP contribution in [0, 0.1) is 0 Å². The van der Waals surface area contributed by atoms with Crippen molar-refractivity contribution in [3.05, 3.63) is 28.8 Å². The van der Waals surface area contributed by atoms with E-state index in [4.69, 9.17) is 22.1 Å². The standard InChI is InChI=1S/C10H14ClNO.ClH/c1-2-5-13-10-4-3-9(11)6-8(10)7-12;/h3-4,6H,2,5,7,12H2,1H3;1H. The van der Waals surface area contributed by atoms with Crippen LogP contribution in [0.3, 0.4) is 0 Å². The Kier molecular flexibility index (Phi) is 6.71. The predicted molar refractivity (Wildman–Crippen MR) is 62.4 cm³/mol. The van der Waals surface area contributed by atoms with E-state index in [1.165, 1.54) is 0 Å². The van der Waals surface area contributed by atoms with Crippen molar-refractivity contribution in [2.45, 2.75) is 19.9 Å². The maximum absolute atomic E-state index is 5.82. The second kappa shape index (κ2) is 6.93. The lowest BCUT2D eigenvalue weighted by Crippen LogP contribution is -2.02. The molecule has 2 N–H and O–H groups in total. The number of nitrogens with two attached hydrogens (primary N) is 1. The molecule has 0 fully saturated rings. The highest BCUT2D eigenvalue weighted by Gasteiger charge is 2.01. The Hall–Kier alpha value is -0.440. The summed E-state index contributed by atoms with van der Waals surface area (Å²) in [7, 11) is 0. The second-order valence-electron chi connectivity index (χ2n) is 2.80. The first-order chi connectivity index (χ1) is 6.27. The summed E-state index contributed by atoms with van der Waals surface area (Å²) in [6, 6.07) is 5.51. The zero-order chi connectivity index (χ0) is 9.68. The van der Waals surface area contributed by atoms with Crippen LogP contribution in [0.2, 0.25) is 5.02 Å². The van der Waals surface area contributed by atoms with Crippen LogP contribution in [-0.2, 0) is 6.54 Å². The molecule has 0 atom stereocenters. The minimum Gasteiger partial charge on any atom is -0.493 e. The third-order valence-electron chi connectivity index (χ3n) is 1.70. The molecule has 0 saturated carbocycles. The lowest BCUT2D eigenvalue weighted by atomic mass is 10.2. The fourth-order valence-electron chi connectivity index (χ4n) is 1.06. The Morgan fingerprint density at radius 1 is 1.43 bits per heavy atom. The van der Waals surface area contributed by atoms with E-state index in [0.29, 0.717) is 18.2 Å². The van der Waals surface area contributed by atoms with Gasteiger partial charge in [0.05, 0.1) is 6.61 Å². The Morgan fingerprint density at radius 3 is 2.71 bits per heavy atom. The summed E-state index contributed by atoms with van der Waals surface area (Å²) in [5.74, 6) is 0.841. The SMILES string of the molecule is CCCOc1ccc(Cl)cc1CN.Cl. The first-order valence-corrected chi connectivity index (χ1v) is 4.77. The van der Waals surface area contributed by atoms with Crippen LogP contribution < -0.4 is 10.5 Å². The van der Waals surface area contributed by atoms with E-state index in [1.807, 2.05) is 18.2 Å². The quantitative estimate of drug-likeness (QED) is 0.872. The van der Waals surface area contributed by atoms with Gasteiger partial charge >= 0.3 is 0 Å². The zero-order valence-corrected chi connectivity index (χ0v) is 9.70. The number of hydrogen-bond donors (Lipinski definition) is 1. The highest BCUT2D eigenvalue weighted by atomic mass is 35.5. The molecule has 0 aliphatic heterocycles. The topological polar surface area (TPSA) is 35.2 Å². The van der Waals surface area contributed by atoms with E-state index >= 15 is 0 Å². The Labute approximate surface area is 95.8 Å². The minimum atomic E-state index is 0. The lowest BCUT2D eigenvalue weighted by Gasteiger charge is -2.09. The van der Waals surface area contributed by atoms with Crippen LogP contribution in [0.15, 0.2) is 18.2 Å². The van der Waals surface area contributed by atoms with E-state index in [0.717, 1.165) is 17.7 Å². The summed E-state index contributed by atoms with van der Waals surface area (Å²) in [4.78, 5) is 0. The molecule has 0 amide bonds. The number of halogens is 2. The summed E-state index contributed by atoms with van der Waals surface area (Å²) < 4.78 is 5.49. The largest absolute Gasteiger partial charge is 0.493 e. The van der Waals surface area contributed by atoms with Gasteiger partial charge < -0.3 is 10.5 Å². The number of ether oxygens (including phenoxy) is 1. The van der Waals surface area contributed by atoms with Gasteiger partial charge in [-0.05, 0) is 24.6 Å². The molecule has 2 nitrogen and oxygen atoms in total. The highest BCUT2D eigenvalue weighted by molar-refractivity contribution is 6.30. The third kappa shape index (κ3) is 3.74. The van der Waals surface area contributed by atoms with E-state index in [1.54, 1.807) is 0 Å². The van der Waals surface area contributed by atoms with Gasteiger partial charge in [0.15, 0.2) is 0 Å². The molecule has 1 rings (SSSR count). The van der Waals surface area contributed by atoms with Gasteiger partial charge in [0, 0.05) is 17.1 Å². The van der Waals surface area contributed by atoms with Gasteiger partial charge in [-0.15, -0.1) is 12.4 Å². The van der Waals surface area contributed by atoms with Crippen molar-refractivity contribution in [2.75, 3.05) is 6.61 Å². The summed E-state index contributed by atoms with van der Waals surface area (Å²) in [5, 5.41) is 0.698. The second-order valence-corrected chi connectivity index (χ2v) is 3.24. The van der Waals surface area contributed by atoms with Gasteiger partial charge in [0.1, 0.15) is 5.75 Å². The highest BCUT2D eigenvalue weighted by Crippen LogP contribution is 2.22. The van der Waals surface area contributed by atoms with Gasteiger partial charge in [-0.3, -0.25) is 0 Å². The van der Waals surface area contributed by atoms with E-state index in [2.05, 4.69) is 6.92 Å². The monoisotopic (exact) mass is 235 g/mol. The molecular weight excluding hydrogens is 221 g/mol. The Morgan fingerprint density at radius 2 is 2.14 bits per heavy atom. The zero-order valence-electron chi connectivity index (χ0n) is 8.13. The molecule has 0 radical (unpaired) electrons. The summed E-state index contributed by atoms with van der Waals surface area (Å²) in [6.07, 6.45) is 0.993. The van der Waals surface area contributed by atoms with Gasteiger partial charge in [-0.2, -0.15) is 0 Å². The molecule has 14 heavy (non-hydrogen) atoms. The molecule has 0 unspecified atom stereocenters. The number of benzene rings is 1. The molecule has 0 aromatic heterocycles. The molecule has 80 valence electrons. The van der Waals surface area contributed by atoms with E-state index < -0.39 is 0 Å². The predicted octanol–water partition coefficient (Wildman–Crippen LogP) is 3.01. The minimum absolute atomic E-state index is 0. The van der Waals surface area contributed by atoms with Crippen molar-refractivity contribution >= 4 is 24.0 Å². The lowest BCUT2D eigenvalue weighted by molar-refractivity contribution is 0.314. The summed E-state index contributed by atoms with van der Waals surface area (Å²) in [5.41, 5.74) is 6.51. The van der Waals surface area contributed by atoms with E-state index in [9.17, 15) is 0 Å². The number of rotatable bonds is 4. The molecule has 0 aliphatic rings. The van der Waals surface area contributed by atoms with Gasteiger partial charge in [0.25, 0.3) is 0 Å². The van der Waals surface area contributed by atoms with Crippen LogP contribution in [-0.4, -0.2) is 6.61 Å². The fraction of sp³-hybridized carbons (Fsp3) is 0.400. The summed E-state index contributed by atoms with van der Waals surface area (Å²) >= 11 is 5.82. The molecular formula is C10H15Cl2NO. The molecule has 1 aromatic carbocycles. The molecule has 0 spiro atoms. The smallest absolute Gasteiger partial charge is 0.123 e. The first-order valence-electron chi connectivity index (χ1n) is 4.39. The van der Waals surface area contributed by atoms with E-state index in [-0.39, 0.29) is 12.4 Å². The maximum Gasteiger partial charge on any atom is 0.123 e. The maximum atomic E-state index is 5.82. The van der Waals surface area contributed by atoms with Gasteiger partial charge in [-0.1, -0.05) is 18.5 Å². The van der Waals surface area contributed by atoms with Crippen molar-refractivity contribution in [1.82, 2.24) is 0 Å². The Balaban J connectivity index is 0.00000169.